The minimum atomic E-state index is -0.0464. The number of benzene rings is 2. The molecule has 1 amide bonds. The van der Waals surface area contributed by atoms with Gasteiger partial charge in [-0.05, 0) is 24.6 Å². The van der Waals surface area contributed by atoms with Crippen molar-refractivity contribution in [3.8, 4) is 0 Å². The summed E-state index contributed by atoms with van der Waals surface area (Å²) >= 11 is 0. The molecule has 0 atom stereocenters. The van der Waals surface area contributed by atoms with Crippen molar-refractivity contribution in [1.29, 1.82) is 0 Å². The largest absolute Gasteiger partial charge is 0.364 e. The summed E-state index contributed by atoms with van der Waals surface area (Å²) in [5.74, 6) is -0.0464. The lowest BCUT2D eigenvalue weighted by atomic mass is 10.1. The van der Waals surface area contributed by atoms with Gasteiger partial charge in [0.1, 0.15) is 6.33 Å². The zero-order valence-electron chi connectivity index (χ0n) is 14.7. The van der Waals surface area contributed by atoms with Gasteiger partial charge in [-0.1, -0.05) is 42.5 Å². The molecule has 0 saturated heterocycles. The number of rotatable bonds is 3. The SMILES string of the molecule is Cc1ncncc1C(=O)N1CCN(Cc2ccccc2)c2ccccc21. The lowest BCUT2D eigenvalue weighted by Crippen LogP contribution is -2.44. The zero-order chi connectivity index (χ0) is 17.9. The lowest BCUT2D eigenvalue weighted by Gasteiger charge is -2.38. The van der Waals surface area contributed by atoms with Crippen LogP contribution in [0.1, 0.15) is 21.6 Å². The second-order valence-electron chi connectivity index (χ2n) is 6.37. The second-order valence-corrected chi connectivity index (χ2v) is 6.37. The van der Waals surface area contributed by atoms with Crippen LogP contribution >= 0.6 is 0 Å². The quantitative estimate of drug-likeness (QED) is 0.730. The Bertz CT molecular complexity index is 926. The Kier molecular flexibility index (Phi) is 4.35. The Balaban J connectivity index is 1.66. The average molecular weight is 344 g/mol. The molecular formula is C21H20N4O. The number of hydrogen-bond donors (Lipinski definition) is 0. The fourth-order valence-corrected chi connectivity index (χ4v) is 3.35. The van der Waals surface area contributed by atoms with Gasteiger partial charge < -0.3 is 9.80 Å². The minimum Gasteiger partial charge on any atom is -0.364 e. The fraction of sp³-hybridized carbons (Fsp3) is 0.190. The molecule has 0 radical (unpaired) electrons. The number of hydrogen-bond acceptors (Lipinski definition) is 4. The molecule has 4 rings (SSSR count). The van der Waals surface area contributed by atoms with Crippen molar-refractivity contribution in [2.45, 2.75) is 13.5 Å². The highest BCUT2D eigenvalue weighted by atomic mass is 16.2. The van der Waals surface area contributed by atoms with E-state index in [1.54, 1.807) is 6.20 Å². The Morgan fingerprint density at radius 3 is 2.50 bits per heavy atom. The summed E-state index contributed by atoms with van der Waals surface area (Å²) in [6, 6.07) is 18.5. The highest BCUT2D eigenvalue weighted by molar-refractivity contribution is 6.08. The first-order valence-corrected chi connectivity index (χ1v) is 8.70. The predicted molar refractivity (Wildman–Crippen MR) is 102 cm³/mol. The predicted octanol–water partition coefficient (Wildman–Crippen LogP) is 3.45. The van der Waals surface area contributed by atoms with E-state index in [0.29, 0.717) is 17.8 Å². The molecule has 1 aromatic heterocycles. The lowest BCUT2D eigenvalue weighted by molar-refractivity contribution is 0.0985. The molecule has 130 valence electrons. The monoisotopic (exact) mass is 344 g/mol. The van der Waals surface area contributed by atoms with Crippen LogP contribution in [0.5, 0.6) is 0 Å². The summed E-state index contributed by atoms with van der Waals surface area (Å²) in [6.07, 6.45) is 3.07. The number of nitrogens with zero attached hydrogens (tertiary/aromatic N) is 4. The van der Waals surface area contributed by atoms with Gasteiger partial charge in [0, 0.05) is 25.8 Å². The fourth-order valence-electron chi connectivity index (χ4n) is 3.35. The van der Waals surface area contributed by atoms with Gasteiger partial charge in [-0.15, -0.1) is 0 Å². The van der Waals surface area contributed by atoms with Gasteiger partial charge in [0.15, 0.2) is 0 Å². The van der Waals surface area contributed by atoms with Crippen molar-refractivity contribution in [3.05, 3.63) is 83.9 Å². The van der Waals surface area contributed by atoms with Crippen LogP contribution in [-0.4, -0.2) is 29.0 Å². The van der Waals surface area contributed by atoms with Crippen LogP contribution in [0.25, 0.3) is 0 Å². The number of aromatic nitrogens is 2. The van der Waals surface area contributed by atoms with Gasteiger partial charge >= 0.3 is 0 Å². The number of aryl methyl sites for hydroxylation is 1. The van der Waals surface area contributed by atoms with Gasteiger partial charge in [0.2, 0.25) is 0 Å². The molecule has 0 spiro atoms. The number of carbonyl (C=O) groups is 1. The normalized spacial score (nSPS) is 13.4. The van der Waals surface area contributed by atoms with Crippen LogP contribution in [0.3, 0.4) is 0 Å². The molecule has 3 aromatic rings. The molecular weight excluding hydrogens is 324 g/mol. The first-order valence-electron chi connectivity index (χ1n) is 8.70. The molecule has 5 nitrogen and oxygen atoms in total. The maximum absolute atomic E-state index is 13.1. The smallest absolute Gasteiger partial charge is 0.261 e. The molecule has 5 heteroatoms. The molecule has 1 aliphatic heterocycles. The third-order valence-corrected chi connectivity index (χ3v) is 4.71. The summed E-state index contributed by atoms with van der Waals surface area (Å²) in [7, 11) is 0. The van der Waals surface area contributed by atoms with Crippen LogP contribution < -0.4 is 9.80 Å². The Morgan fingerprint density at radius 2 is 1.73 bits per heavy atom. The highest BCUT2D eigenvalue weighted by Crippen LogP contribution is 2.34. The first-order chi connectivity index (χ1) is 12.7. The second kappa shape index (κ2) is 6.96. The Morgan fingerprint density at radius 1 is 1.00 bits per heavy atom. The van der Waals surface area contributed by atoms with Crippen molar-refractivity contribution in [3.63, 3.8) is 0 Å². The van der Waals surface area contributed by atoms with E-state index < -0.39 is 0 Å². The van der Waals surface area contributed by atoms with E-state index in [-0.39, 0.29) is 5.91 Å². The zero-order valence-corrected chi connectivity index (χ0v) is 14.7. The van der Waals surface area contributed by atoms with Crippen LogP contribution in [0.15, 0.2) is 67.1 Å². The average Bonchev–Trinajstić information content (AvgIpc) is 2.69. The topological polar surface area (TPSA) is 49.3 Å². The van der Waals surface area contributed by atoms with Gasteiger partial charge in [-0.3, -0.25) is 4.79 Å². The van der Waals surface area contributed by atoms with Crippen molar-refractivity contribution in [2.24, 2.45) is 0 Å². The van der Waals surface area contributed by atoms with Crippen molar-refractivity contribution in [2.75, 3.05) is 22.9 Å². The standard InChI is InChI=1S/C21H20N4O/c1-16-18(13-22-15-23-16)21(26)25-12-11-24(14-17-7-3-2-4-8-17)19-9-5-6-10-20(19)25/h2-10,13,15H,11-12,14H2,1H3. The van der Waals surface area contributed by atoms with E-state index in [1.807, 2.05) is 36.1 Å². The molecule has 0 unspecified atom stereocenters. The molecule has 0 aliphatic carbocycles. The summed E-state index contributed by atoms with van der Waals surface area (Å²) in [5, 5.41) is 0. The Labute approximate surface area is 152 Å². The number of fused-ring (bicyclic) bond motifs is 1. The van der Waals surface area contributed by atoms with E-state index in [2.05, 4.69) is 45.2 Å². The Hall–Kier alpha value is -3.21. The van der Waals surface area contributed by atoms with E-state index in [0.717, 1.165) is 24.5 Å². The molecule has 1 aliphatic rings. The molecule has 0 N–H and O–H groups in total. The maximum Gasteiger partial charge on any atom is 0.261 e. The van der Waals surface area contributed by atoms with Gasteiger partial charge in [-0.2, -0.15) is 0 Å². The summed E-state index contributed by atoms with van der Waals surface area (Å²) in [5.41, 5.74) is 4.52. The number of amides is 1. The molecule has 2 heterocycles. The van der Waals surface area contributed by atoms with Crippen LogP contribution in [0.2, 0.25) is 0 Å². The molecule has 26 heavy (non-hydrogen) atoms. The van der Waals surface area contributed by atoms with Crippen LogP contribution in [-0.2, 0) is 6.54 Å². The highest BCUT2D eigenvalue weighted by Gasteiger charge is 2.28. The van der Waals surface area contributed by atoms with Crippen molar-refractivity contribution in [1.82, 2.24) is 9.97 Å². The van der Waals surface area contributed by atoms with Gasteiger partial charge in [-0.25, -0.2) is 9.97 Å². The summed E-state index contributed by atoms with van der Waals surface area (Å²) < 4.78 is 0. The van der Waals surface area contributed by atoms with Crippen molar-refractivity contribution < 1.29 is 4.79 Å². The molecule has 2 aromatic carbocycles. The van der Waals surface area contributed by atoms with Crippen molar-refractivity contribution >= 4 is 17.3 Å². The number of carbonyl (C=O) groups excluding carboxylic acids is 1. The van der Waals surface area contributed by atoms with Gasteiger partial charge in [0.25, 0.3) is 5.91 Å². The minimum absolute atomic E-state index is 0.0464. The van der Waals surface area contributed by atoms with E-state index in [9.17, 15) is 4.79 Å². The van der Waals surface area contributed by atoms with Crippen LogP contribution in [0, 0.1) is 6.92 Å². The van der Waals surface area contributed by atoms with E-state index in [4.69, 9.17) is 0 Å². The molecule has 0 bridgehead atoms. The molecule has 0 fully saturated rings. The van der Waals surface area contributed by atoms with E-state index >= 15 is 0 Å². The third kappa shape index (κ3) is 3.04. The van der Waals surface area contributed by atoms with Gasteiger partial charge in [0.05, 0.1) is 22.6 Å². The third-order valence-electron chi connectivity index (χ3n) is 4.71. The maximum atomic E-state index is 13.1. The first kappa shape index (κ1) is 16.3. The molecule has 0 saturated carbocycles. The number of para-hydroxylation sites is 2. The van der Waals surface area contributed by atoms with Crippen LogP contribution in [0.4, 0.5) is 11.4 Å². The summed E-state index contributed by atoms with van der Waals surface area (Å²) in [6.45, 7) is 4.08. The van der Waals surface area contributed by atoms with E-state index in [1.165, 1.54) is 11.9 Å². The summed E-state index contributed by atoms with van der Waals surface area (Å²) in [4.78, 5) is 25.4. The number of anilines is 2.